The van der Waals surface area contributed by atoms with Gasteiger partial charge in [-0.25, -0.2) is 0 Å². The number of aryl methyl sites for hydroxylation is 1. The molecule has 1 aromatic rings. The first-order chi connectivity index (χ1) is 7.72. The Labute approximate surface area is 94.9 Å². The fourth-order valence-corrected chi connectivity index (χ4v) is 1.29. The highest BCUT2D eigenvalue weighted by molar-refractivity contribution is 5.76. The molecule has 4 nitrogen and oxygen atoms in total. The summed E-state index contributed by atoms with van der Waals surface area (Å²) < 4.78 is 0. The average Bonchev–Trinajstić information content (AvgIpc) is 2.34. The summed E-state index contributed by atoms with van der Waals surface area (Å²) in [7, 11) is 0. The van der Waals surface area contributed by atoms with Crippen LogP contribution in [0.4, 0.5) is 0 Å². The quantitative estimate of drug-likeness (QED) is 0.640. The van der Waals surface area contributed by atoms with Crippen molar-refractivity contribution in [1.82, 2.24) is 5.32 Å². The van der Waals surface area contributed by atoms with Crippen LogP contribution in [0.3, 0.4) is 0 Å². The maximum atomic E-state index is 11.3. The fourth-order valence-electron chi connectivity index (χ4n) is 1.29. The maximum absolute atomic E-state index is 11.3. The largest absolute Gasteiger partial charge is 0.394 e. The number of rotatable bonds is 6. The van der Waals surface area contributed by atoms with Gasteiger partial charge in [-0.3, -0.25) is 4.79 Å². The number of aliphatic hydroxyl groups is 2. The first-order valence-corrected chi connectivity index (χ1v) is 5.32. The van der Waals surface area contributed by atoms with Crippen molar-refractivity contribution in [2.75, 3.05) is 13.2 Å². The van der Waals surface area contributed by atoms with Crippen LogP contribution in [-0.4, -0.2) is 35.4 Å². The summed E-state index contributed by atoms with van der Waals surface area (Å²) in [4.78, 5) is 11.3. The molecule has 0 saturated carbocycles. The average molecular weight is 223 g/mol. The van der Waals surface area contributed by atoms with Gasteiger partial charge in [-0.1, -0.05) is 30.3 Å². The first-order valence-electron chi connectivity index (χ1n) is 5.32. The third kappa shape index (κ3) is 4.91. The molecule has 1 rings (SSSR count). The lowest BCUT2D eigenvalue weighted by atomic mass is 10.1. The van der Waals surface area contributed by atoms with Crippen molar-refractivity contribution < 1.29 is 15.0 Å². The van der Waals surface area contributed by atoms with Gasteiger partial charge in [0.05, 0.1) is 12.7 Å². The molecule has 16 heavy (non-hydrogen) atoms. The Kier molecular flexibility index (Phi) is 5.53. The van der Waals surface area contributed by atoms with Crippen molar-refractivity contribution in [3.8, 4) is 0 Å². The summed E-state index contributed by atoms with van der Waals surface area (Å²) in [6.07, 6.45) is 0.199. The second kappa shape index (κ2) is 6.98. The third-order valence-electron chi connectivity index (χ3n) is 2.23. The van der Waals surface area contributed by atoms with E-state index in [9.17, 15) is 4.79 Å². The lowest BCUT2D eigenvalue weighted by molar-refractivity contribution is -0.121. The molecule has 88 valence electrons. The topological polar surface area (TPSA) is 69.6 Å². The molecule has 1 unspecified atom stereocenters. The Hall–Kier alpha value is -1.39. The Balaban J connectivity index is 2.20. The van der Waals surface area contributed by atoms with Gasteiger partial charge in [0.15, 0.2) is 0 Å². The van der Waals surface area contributed by atoms with Crippen LogP contribution in [0.15, 0.2) is 30.3 Å². The van der Waals surface area contributed by atoms with Crippen molar-refractivity contribution in [2.24, 2.45) is 0 Å². The van der Waals surface area contributed by atoms with Crippen LogP contribution in [0.2, 0.25) is 0 Å². The number of hydrogen-bond acceptors (Lipinski definition) is 3. The van der Waals surface area contributed by atoms with E-state index in [0.717, 1.165) is 5.56 Å². The molecular formula is C12H17NO3. The van der Waals surface area contributed by atoms with Gasteiger partial charge >= 0.3 is 0 Å². The van der Waals surface area contributed by atoms with Crippen LogP contribution >= 0.6 is 0 Å². The molecule has 0 aliphatic carbocycles. The molecule has 1 amide bonds. The standard InChI is InChI=1S/C12H17NO3/c14-9-11(15)8-13-12(16)7-6-10-4-2-1-3-5-10/h1-5,11,14-15H,6-9H2,(H,13,16). The molecule has 0 saturated heterocycles. The van der Waals surface area contributed by atoms with Gasteiger partial charge in [-0.15, -0.1) is 0 Å². The van der Waals surface area contributed by atoms with Gasteiger partial charge in [0, 0.05) is 13.0 Å². The highest BCUT2D eigenvalue weighted by atomic mass is 16.3. The molecule has 3 N–H and O–H groups in total. The number of aliphatic hydroxyl groups excluding tert-OH is 2. The molecule has 0 radical (unpaired) electrons. The van der Waals surface area contributed by atoms with Crippen molar-refractivity contribution in [3.63, 3.8) is 0 Å². The normalized spacial score (nSPS) is 12.1. The molecule has 0 spiro atoms. The summed E-state index contributed by atoms with van der Waals surface area (Å²) >= 11 is 0. The van der Waals surface area contributed by atoms with Gasteiger partial charge in [0.25, 0.3) is 0 Å². The molecule has 1 aromatic carbocycles. The van der Waals surface area contributed by atoms with Gasteiger partial charge < -0.3 is 15.5 Å². The second-order valence-corrected chi connectivity index (χ2v) is 3.63. The molecule has 0 aliphatic heterocycles. The molecule has 0 heterocycles. The Morgan fingerprint density at radius 1 is 1.31 bits per heavy atom. The van der Waals surface area contributed by atoms with E-state index < -0.39 is 6.10 Å². The van der Waals surface area contributed by atoms with Crippen LogP contribution in [-0.2, 0) is 11.2 Å². The third-order valence-corrected chi connectivity index (χ3v) is 2.23. The Morgan fingerprint density at radius 3 is 2.62 bits per heavy atom. The van der Waals surface area contributed by atoms with Crippen LogP contribution < -0.4 is 5.32 Å². The zero-order valence-electron chi connectivity index (χ0n) is 9.10. The summed E-state index contributed by atoms with van der Waals surface area (Å²) in [6, 6.07) is 9.73. The van der Waals surface area contributed by atoms with Gasteiger partial charge in [-0.05, 0) is 12.0 Å². The predicted octanol–water partition coefficient (Wildman–Crippen LogP) is 0.0886. The lowest BCUT2D eigenvalue weighted by Crippen LogP contribution is -2.33. The van der Waals surface area contributed by atoms with E-state index in [1.807, 2.05) is 30.3 Å². The first kappa shape index (κ1) is 12.7. The van der Waals surface area contributed by atoms with E-state index in [0.29, 0.717) is 12.8 Å². The second-order valence-electron chi connectivity index (χ2n) is 3.63. The van der Waals surface area contributed by atoms with E-state index in [1.165, 1.54) is 0 Å². The summed E-state index contributed by atoms with van der Waals surface area (Å²) in [5.41, 5.74) is 1.11. The number of carbonyl (C=O) groups excluding carboxylic acids is 1. The molecule has 4 heteroatoms. The SMILES string of the molecule is O=C(CCc1ccccc1)NCC(O)CO. The van der Waals surface area contributed by atoms with E-state index >= 15 is 0 Å². The van der Waals surface area contributed by atoms with Crippen molar-refractivity contribution >= 4 is 5.91 Å². The fraction of sp³-hybridized carbons (Fsp3) is 0.417. The smallest absolute Gasteiger partial charge is 0.220 e. The molecule has 0 aliphatic rings. The zero-order chi connectivity index (χ0) is 11.8. The summed E-state index contributed by atoms with van der Waals surface area (Å²) in [5, 5.41) is 20.1. The van der Waals surface area contributed by atoms with E-state index in [2.05, 4.69) is 5.32 Å². The number of amides is 1. The highest BCUT2D eigenvalue weighted by Crippen LogP contribution is 2.01. The lowest BCUT2D eigenvalue weighted by Gasteiger charge is -2.08. The molecular weight excluding hydrogens is 206 g/mol. The molecule has 0 bridgehead atoms. The minimum atomic E-state index is -0.874. The van der Waals surface area contributed by atoms with Crippen LogP contribution in [0.25, 0.3) is 0 Å². The van der Waals surface area contributed by atoms with Gasteiger partial charge in [0.1, 0.15) is 0 Å². The summed E-state index contributed by atoms with van der Waals surface area (Å²) in [6.45, 7) is -0.233. The van der Waals surface area contributed by atoms with Crippen LogP contribution in [0.1, 0.15) is 12.0 Å². The van der Waals surface area contributed by atoms with E-state index in [-0.39, 0.29) is 19.1 Å². The van der Waals surface area contributed by atoms with Gasteiger partial charge in [-0.2, -0.15) is 0 Å². The van der Waals surface area contributed by atoms with E-state index in [4.69, 9.17) is 10.2 Å². The molecule has 1 atom stereocenters. The van der Waals surface area contributed by atoms with E-state index in [1.54, 1.807) is 0 Å². The molecule has 0 fully saturated rings. The zero-order valence-corrected chi connectivity index (χ0v) is 9.10. The number of benzene rings is 1. The number of nitrogens with one attached hydrogen (secondary N) is 1. The predicted molar refractivity (Wildman–Crippen MR) is 60.9 cm³/mol. The molecule has 0 aromatic heterocycles. The minimum Gasteiger partial charge on any atom is -0.394 e. The van der Waals surface area contributed by atoms with Crippen molar-refractivity contribution in [3.05, 3.63) is 35.9 Å². The number of hydrogen-bond donors (Lipinski definition) is 3. The summed E-state index contributed by atoms with van der Waals surface area (Å²) in [5.74, 6) is -0.114. The van der Waals surface area contributed by atoms with Crippen LogP contribution in [0.5, 0.6) is 0 Å². The van der Waals surface area contributed by atoms with Crippen molar-refractivity contribution in [1.29, 1.82) is 0 Å². The Bertz CT molecular complexity index is 313. The number of carbonyl (C=O) groups is 1. The van der Waals surface area contributed by atoms with Crippen LogP contribution in [0, 0.1) is 0 Å². The highest BCUT2D eigenvalue weighted by Gasteiger charge is 2.05. The minimum absolute atomic E-state index is 0.101. The maximum Gasteiger partial charge on any atom is 0.220 e. The van der Waals surface area contributed by atoms with Crippen molar-refractivity contribution in [2.45, 2.75) is 18.9 Å². The van der Waals surface area contributed by atoms with Gasteiger partial charge in [0.2, 0.25) is 5.91 Å². The monoisotopic (exact) mass is 223 g/mol. The Morgan fingerprint density at radius 2 is 2.00 bits per heavy atom.